The van der Waals surface area contributed by atoms with E-state index in [1.807, 2.05) is 42.5 Å². The lowest BCUT2D eigenvalue weighted by atomic mass is 10.2. The minimum Gasteiger partial charge on any atom is -0.398 e. The summed E-state index contributed by atoms with van der Waals surface area (Å²) in [7, 11) is 0. The van der Waals surface area contributed by atoms with Gasteiger partial charge in [0.15, 0.2) is 0 Å². The van der Waals surface area contributed by atoms with E-state index in [1.165, 1.54) is 4.90 Å². The SMILES string of the molecule is C=CCSc1ccccc1NCc1ccccc1N. The van der Waals surface area contributed by atoms with Gasteiger partial charge in [0.05, 0.1) is 0 Å². The number of rotatable bonds is 6. The molecule has 0 aromatic heterocycles. The Hall–Kier alpha value is -1.87. The molecule has 2 rings (SSSR count). The Bertz CT molecular complexity index is 552. The maximum Gasteiger partial charge on any atom is 0.0481 e. The quantitative estimate of drug-likeness (QED) is 0.470. The van der Waals surface area contributed by atoms with Gasteiger partial charge in [-0.1, -0.05) is 36.4 Å². The summed E-state index contributed by atoms with van der Waals surface area (Å²) in [5.74, 6) is 0.909. The van der Waals surface area contributed by atoms with Crippen LogP contribution in [-0.4, -0.2) is 5.75 Å². The van der Waals surface area contributed by atoms with E-state index in [0.29, 0.717) is 0 Å². The summed E-state index contributed by atoms with van der Waals surface area (Å²) in [4.78, 5) is 1.23. The van der Waals surface area contributed by atoms with Crippen LogP contribution in [-0.2, 0) is 6.54 Å². The Morgan fingerprint density at radius 1 is 1.11 bits per heavy atom. The van der Waals surface area contributed by atoms with E-state index in [2.05, 4.69) is 24.0 Å². The largest absolute Gasteiger partial charge is 0.398 e. The molecule has 2 nitrogen and oxygen atoms in total. The van der Waals surface area contributed by atoms with Gasteiger partial charge in [0, 0.05) is 28.6 Å². The van der Waals surface area contributed by atoms with Crippen molar-refractivity contribution in [2.24, 2.45) is 0 Å². The van der Waals surface area contributed by atoms with Gasteiger partial charge in [-0.15, -0.1) is 18.3 Å². The second kappa shape index (κ2) is 6.90. The first-order valence-corrected chi connectivity index (χ1v) is 7.20. The standard InChI is InChI=1S/C16H18N2S/c1-2-11-19-16-10-6-5-9-15(16)18-12-13-7-3-4-8-14(13)17/h2-10,18H,1,11-12,17H2. The molecule has 0 radical (unpaired) electrons. The normalized spacial score (nSPS) is 10.1. The van der Waals surface area contributed by atoms with Crippen molar-refractivity contribution >= 4 is 23.1 Å². The van der Waals surface area contributed by atoms with Crippen molar-refractivity contribution in [1.29, 1.82) is 0 Å². The molecule has 0 aliphatic heterocycles. The molecule has 0 aliphatic carbocycles. The predicted molar refractivity (Wildman–Crippen MR) is 85.5 cm³/mol. The Kier molecular flexibility index (Phi) is 4.93. The van der Waals surface area contributed by atoms with E-state index >= 15 is 0 Å². The number of benzene rings is 2. The van der Waals surface area contributed by atoms with Gasteiger partial charge in [0.2, 0.25) is 0 Å². The number of para-hydroxylation sites is 2. The van der Waals surface area contributed by atoms with Crippen molar-refractivity contribution in [3.8, 4) is 0 Å². The zero-order valence-corrected chi connectivity index (χ0v) is 11.6. The predicted octanol–water partition coefficient (Wildman–Crippen LogP) is 4.16. The monoisotopic (exact) mass is 270 g/mol. The number of anilines is 2. The fourth-order valence-electron chi connectivity index (χ4n) is 1.77. The van der Waals surface area contributed by atoms with Crippen LogP contribution in [0.25, 0.3) is 0 Å². The first-order valence-electron chi connectivity index (χ1n) is 6.21. The molecule has 0 saturated heterocycles. The number of nitrogens with two attached hydrogens (primary N) is 1. The lowest BCUT2D eigenvalue weighted by molar-refractivity contribution is 1.13. The molecule has 98 valence electrons. The smallest absolute Gasteiger partial charge is 0.0481 e. The first kappa shape index (κ1) is 13.6. The van der Waals surface area contributed by atoms with Crippen molar-refractivity contribution in [3.63, 3.8) is 0 Å². The van der Waals surface area contributed by atoms with Crippen molar-refractivity contribution in [2.75, 3.05) is 16.8 Å². The van der Waals surface area contributed by atoms with Crippen LogP contribution in [0, 0.1) is 0 Å². The van der Waals surface area contributed by atoms with Gasteiger partial charge in [-0.3, -0.25) is 0 Å². The van der Waals surface area contributed by atoms with Crippen molar-refractivity contribution in [1.82, 2.24) is 0 Å². The third kappa shape index (κ3) is 3.80. The van der Waals surface area contributed by atoms with Crippen LogP contribution in [0.2, 0.25) is 0 Å². The minimum atomic E-state index is 0.734. The summed E-state index contributed by atoms with van der Waals surface area (Å²) in [5.41, 5.74) is 9.02. The lowest BCUT2D eigenvalue weighted by Crippen LogP contribution is -2.03. The number of nitrogen functional groups attached to an aromatic ring is 1. The average Bonchev–Trinajstić information content (AvgIpc) is 2.45. The molecule has 0 unspecified atom stereocenters. The molecular weight excluding hydrogens is 252 g/mol. The molecule has 0 bridgehead atoms. The Balaban J connectivity index is 2.07. The van der Waals surface area contributed by atoms with Gasteiger partial charge in [0.25, 0.3) is 0 Å². The maximum atomic E-state index is 5.94. The Labute approximate surface area is 118 Å². The molecule has 0 saturated carbocycles. The summed E-state index contributed by atoms with van der Waals surface area (Å²) in [6.45, 7) is 4.49. The molecule has 0 atom stereocenters. The highest BCUT2D eigenvalue weighted by molar-refractivity contribution is 7.99. The van der Waals surface area contributed by atoms with E-state index < -0.39 is 0 Å². The van der Waals surface area contributed by atoms with E-state index in [0.717, 1.165) is 29.2 Å². The van der Waals surface area contributed by atoms with Crippen LogP contribution in [0.4, 0.5) is 11.4 Å². The number of thioether (sulfide) groups is 1. The average molecular weight is 270 g/mol. The zero-order chi connectivity index (χ0) is 13.5. The molecule has 0 fully saturated rings. The van der Waals surface area contributed by atoms with Gasteiger partial charge in [-0.05, 0) is 23.8 Å². The maximum absolute atomic E-state index is 5.94. The van der Waals surface area contributed by atoms with Gasteiger partial charge < -0.3 is 11.1 Å². The second-order valence-corrected chi connectivity index (χ2v) is 5.21. The highest BCUT2D eigenvalue weighted by atomic mass is 32.2. The minimum absolute atomic E-state index is 0.734. The third-order valence-corrected chi connectivity index (χ3v) is 3.84. The van der Waals surface area contributed by atoms with E-state index in [1.54, 1.807) is 11.8 Å². The molecule has 0 amide bonds. The van der Waals surface area contributed by atoms with Gasteiger partial charge in [-0.25, -0.2) is 0 Å². The summed E-state index contributed by atoms with van der Waals surface area (Å²) in [6.07, 6.45) is 1.91. The van der Waals surface area contributed by atoms with Crippen LogP contribution >= 0.6 is 11.8 Å². The highest BCUT2D eigenvalue weighted by Crippen LogP contribution is 2.27. The van der Waals surface area contributed by atoms with E-state index in [4.69, 9.17) is 5.73 Å². The topological polar surface area (TPSA) is 38.0 Å². The molecular formula is C16H18N2S. The molecule has 2 aromatic rings. The van der Waals surface area contributed by atoms with Crippen LogP contribution in [0.1, 0.15) is 5.56 Å². The van der Waals surface area contributed by atoms with Crippen LogP contribution < -0.4 is 11.1 Å². The second-order valence-electron chi connectivity index (χ2n) is 4.15. The lowest BCUT2D eigenvalue weighted by Gasteiger charge is -2.12. The van der Waals surface area contributed by atoms with Crippen LogP contribution in [0.3, 0.4) is 0 Å². The molecule has 3 N–H and O–H groups in total. The van der Waals surface area contributed by atoms with Crippen molar-refractivity contribution < 1.29 is 0 Å². The first-order chi connectivity index (χ1) is 9.31. The summed E-state index contributed by atoms with van der Waals surface area (Å²) < 4.78 is 0. The van der Waals surface area contributed by atoms with Gasteiger partial charge in [-0.2, -0.15) is 0 Å². The fourth-order valence-corrected chi connectivity index (χ4v) is 2.54. The Morgan fingerprint density at radius 2 is 1.84 bits per heavy atom. The third-order valence-electron chi connectivity index (χ3n) is 2.77. The van der Waals surface area contributed by atoms with Crippen molar-refractivity contribution in [3.05, 3.63) is 66.7 Å². The molecule has 2 aromatic carbocycles. The fraction of sp³-hybridized carbons (Fsp3) is 0.125. The molecule has 0 aliphatic rings. The number of hydrogen-bond donors (Lipinski definition) is 2. The molecule has 0 spiro atoms. The summed E-state index contributed by atoms with van der Waals surface area (Å²) >= 11 is 1.77. The Morgan fingerprint density at radius 3 is 2.63 bits per heavy atom. The van der Waals surface area contributed by atoms with Gasteiger partial charge >= 0.3 is 0 Å². The summed E-state index contributed by atoms with van der Waals surface area (Å²) in [5, 5.41) is 3.44. The molecule has 0 heterocycles. The zero-order valence-electron chi connectivity index (χ0n) is 10.8. The van der Waals surface area contributed by atoms with Crippen LogP contribution in [0.15, 0.2) is 66.1 Å². The molecule has 3 heteroatoms. The van der Waals surface area contributed by atoms with Crippen molar-refractivity contribution in [2.45, 2.75) is 11.4 Å². The van der Waals surface area contributed by atoms with Crippen LogP contribution in [0.5, 0.6) is 0 Å². The number of hydrogen-bond acceptors (Lipinski definition) is 3. The molecule has 19 heavy (non-hydrogen) atoms. The van der Waals surface area contributed by atoms with E-state index in [-0.39, 0.29) is 0 Å². The van der Waals surface area contributed by atoms with E-state index in [9.17, 15) is 0 Å². The van der Waals surface area contributed by atoms with Gasteiger partial charge in [0.1, 0.15) is 0 Å². The highest BCUT2D eigenvalue weighted by Gasteiger charge is 2.02. The number of nitrogens with one attached hydrogen (secondary N) is 1. The summed E-state index contributed by atoms with van der Waals surface area (Å²) in [6, 6.07) is 16.2.